The minimum atomic E-state index is -0.216. The van der Waals surface area contributed by atoms with Crippen molar-refractivity contribution in [3.8, 4) is 0 Å². The van der Waals surface area contributed by atoms with Gasteiger partial charge in [-0.2, -0.15) is 0 Å². The van der Waals surface area contributed by atoms with Crippen LogP contribution in [0.25, 0.3) is 5.57 Å². The number of carbonyl (C=O) groups is 2. The van der Waals surface area contributed by atoms with Gasteiger partial charge in [0.15, 0.2) is 0 Å². The first kappa shape index (κ1) is 18.7. The van der Waals surface area contributed by atoms with Crippen molar-refractivity contribution in [1.82, 2.24) is 10.2 Å². The fraction of sp³-hybridized carbons (Fsp3) is 0.474. The van der Waals surface area contributed by atoms with E-state index in [4.69, 9.17) is 0 Å². The summed E-state index contributed by atoms with van der Waals surface area (Å²) in [4.78, 5) is 26.2. The maximum atomic E-state index is 12.2. The van der Waals surface area contributed by atoms with Gasteiger partial charge in [0, 0.05) is 23.6 Å². The molecule has 24 heavy (non-hydrogen) atoms. The second-order valence-corrected chi connectivity index (χ2v) is 7.34. The molecule has 0 aromatic heterocycles. The molecule has 1 fully saturated rings. The van der Waals surface area contributed by atoms with Gasteiger partial charge >= 0.3 is 0 Å². The molecule has 0 radical (unpaired) electrons. The van der Waals surface area contributed by atoms with Crippen molar-refractivity contribution in [2.24, 2.45) is 5.92 Å². The quantitative estimate of drug-likeness (QED) is 0.777. The molecule has 130 valence electrons. The van der Waals surface area contributed by atoms with E-state index in [1.54, 1.807) is 6.08 Å². The van der Waals surface area contributed by atoms with Crippen LogP contribution < -0.4 is 5.32 Å². The van der Waals surface area contributed by atoms with Gasteiger partial charge in [0.05, 0.1) is 6.54 Å². The molecule has 0 saturated carbocycles. The Kier molecular flexibility index (Phi) is 7.03. The van der Waals surface area contributed by atoms with Crippen LogP contribution in [-0.4, -0.2) is 36.3 Å². The largest absolute Gasteiger partial charge is 0.343 e. The number of likely N-dealkylation sites (tertiary alicyclic amines) is 1. The zero-order valence-corrected chi connectivity index (χ0v) is 15.9. The van der Waals surface area contributed by atoms with Crippen LogP contribution in [0, 0.1) is 5.92 Å². The van der Waals surface area contributed by atoms with Crippen molar-refractivity contribution >= 4 is 33.3 Å². The molecule has 1 aliphatic rings. The highest BCUT2D eigenvalue weighted by molar-refractivity contribution is 9.10. The van der Waals surface area contributed by atoms with E-state index < -0.39 is 0 Å². The number of halogens is 1. The number of nitrogens with zero attached hydrogens (tertiary/aromatic N) is 1. The molecule has 0 bridgehead atoms. The minimum absolute atomic E-state index is 0.00573. The topological polar surface area (TPSA) is 49.4 Å². The summed E-state index contributed by atoms with van der Waals surface area (Å²) in [5.74, 6) is 0.00730. The van der Waals surface area contributed by atoms with Gasteiger partial charge in [0.2, 0.25) is 11.8 Å². The SMILES string of the molecule is CC(C)/C(=C\C(=O)NCC(=O)N1CCCCC1)c1ccc(Br)cc1. The fourth-order valence-electron chi connectivity index (χ4n) is 2.84. The van der Waals surface area contributed by atoms with Crippen molar-refractivity contribution in [1.29, 1.82) is 0 Å². The van der Waals surface area contributed by atoms with Crippen molar-refractivity contribution in [3.63, 3.8) is 0 Å². The highest BCUT2D eigenvalue weighted by Gasteiger charge is 2.17. The number of hydrogen-bond acceptors (Lipinski definition) is 2. The number of hydrogen-bond donors (Lipinski definition) is 1. The van der Waals surface area contributed by atoms with Crippen LogP contribution in [0.1, 0.15) is 38.7 Å². The molecular formula is C19H25BrN2O2. The predicted octanol–water partition coefficient (Wildman–Crippen LogP) is 3.62. The van der Waals surface area contributed by atoms with Gasteiger partial charge in [0.25, 0.3) is 0 Å². The zero-order valence-electron chi connectivity index (χ0n) is 14.3. The van der Waals surface area contributed by atoms with Gasteiger partial charge in [-0.15, -0.1) is 0 Å². The third-order valence-electron chi connectivity index (χ3n) is 4.21. The van der Waals surface area contributed by atoms with Crippen molar-refractivity contribution in [2.75, 3.05) is 19.6 Å². The summed E-state index contributed by atoms with van der Waals surface area (Å²) in [5, 5.41) is 2.73. The third kappa shape index (κ3) is 5.48. The van der Waals surface area contributed by atoms with Crippen LogP contribution in [0.15, 0.2) is 34.8 Å². The fourth-order valence-corrected chi connectivity index (χ4v) is 3.10. The first-order valence-corrected chi connectivity index (χ1v) is 9.30. The molecule has 1 heterocycles. The van der Waals surface area contributed by atoms with Crippen LogP contribution >= 0.6 is 15.9 Å². The van der Waals surface area contributed by atoms with Crippen LogP contribution in [0.3, 0.4) is 0 Å². The van der Waals surface area contributed by atoms with Crippen LogP contribution in [-0.2, 0) is 9.59 Å². The Bertz CT molecular complexity index is 602. The number of piperidine rings is 1. The van der Waals surface area contributed by atoms with E-state index >= 15 is 0 Å². The Morgan fingerprint density at radius 3 is 2.38 bits per heavy atom. The molecule has 1 aliphatic heterocycles. The summed E-state index contributed by atoms with van der Waals surface area (Å²) in [6.07, 6.45) is 4.91. The van der Waals surface area contributed by atoms with E-state index in [0.29, 0.717) is 0 Å². The molecule has 1 aromatic carbocycles. The Hall–Kier alpha value is -1.62. The van der Waals surface area contributed by atoms with Crippen molar-refractivity contribution in [3.05, 3.63) is 40.4 Å². The standard InChI is InChI=1S/C19H25BrN2O2/c1-14(2)17(15-6-8-16(20)9-7-15)12-18(23)21-13-19(24)22-10-4-3-5-11-22/h6-9,12,14H,3-5,10-11,13H2,1-2H3,(H,21,23)/b17-12+. The second kappa shape index (κ2) is 9.02. The molecule has 0 atom stereocenters. The van der Waals surface area contributed by atoms with E-state index in [2.05, 4.69) is 35.1 Å². The maximum absolute atomic E-state index is 12.2. The lowest BCUT2D eigenvalue weighted by molar-refractivity contribution is -0.132. The average molecular weight is 393 g/mol. The summed E-state index contributed by atoms with van der Waals surface area (Å²) < 4.78 is 1.01. The molecule has 5 heteroatoms. The number of rotatable bonds is 5. The molecule has 0 unspecified atom stereocenters. The summed E-state index contributed by atoms with van der Waals surface area (Å²) in [6, 6.07) is 7.90. The van der Waals surface area contributed by atoms with Crippen molar-refractivity contribution < 1.29 is 9.59 Å². The Balaban J connectivity index is 1.97. The van der Waals surface area contributed by atoms with Gasteiger partial charge in [-0.3, -0.25) is 9.59 Å². The van der Waals surface area contributed by atoms with Crippen LogP contribution in [0.2, 0.25) is 0 Å². The van der Waals surface area contributed by atoms with Gasteiger partial charge in [-0.1, -0.05) is 41.9 Å². The normalized spacial score (nSPS) is 15.5. The smallest absolute Gasteiger partial charge is 0.244 e. The molecule has 1 aromatic rings. The average Bonchev–Trinajstić information content (AvgIpc) is 2.59. The highest BCUT2D eigenvalue weighted by Crippen LogP contribution is 2.24. The Morgan fingerprint density at radius 2 is 1.79 bits per heavy atom. The summed E-state index contributed by atoms with van der Waals surface area (Å²) >= 11 is 3.42. The van der Waals surface area contributed by atoms with Crippen molar-refractivity contribution in [2.45, 2.75) is 33.1 Å². The molecule has 2 rings (SSSR count). The number of nitrogens with one attached hydrogen (secondary N) is 1. The molecular weight excluding hydrogens is 368 g/mol. The van der Waals surface area contributed by atoms with Gasteiger partial charge in [0.1, 0.15) is 0 Å². The monoisotopic (exact) mass is 392 g/mol. The lowest BCUT2D eigenvalue weighted by Gasteiger charge is -2.26. The second-order valence-electron chi connectivity index (χ2n) is 6.42. The summed E-state index contributed by atoms with van der Waals surface area (Å²) in [7, 11) is 0. The van der Waals surface area contributed by atoms with Crippen LogP contribution in [0.4, 0.5) is 0 Å². The Labute approximate surface area is 152 Å². The summed E-state index contributed by atoms with van der Waals surface area (Å²) in [6.45, 7) is 5.79. The summed E-state index contributed by atoms with van der Waals surface area (Å²) in [5.41, 5.74) is 1.98. The number of benzene rings is 1. The van der Waals surface area contributed by atoms with Gasteiger partial charge < -0.3 is 10.2 Å². The maximum Gasteiger partial charge on any atom is 0.244 e. The predicted molar refractivity (Wildman–Crippen MR) is 100 cm³/mol. The zero-order chi connectivity index (χ0) is 17.5. The van der Waals surface area contributed by atoms with E-state index in [0.717, 1.165) is 41.5 Å². The lowest BCUT2D eigenvalue weighted by atomic mass is 9.95. The number of carbonyl (C=O) groups excluding carboxylic acids is 2. The molecule has 1 saturated heterocycles. The molecule has 2 amide bonds. The number of allylic oxidation sites excluding steroid dienone is 1. The van der Waals surface area contributed by atoms with Gasteiger partial charge in [-0.05, 0) is 48.4 Å². The number of amides is 2. The molecule has 1 N–H and O–H groups in total. The highest BCUT2D eigenvalue weighted by atomic mass is 79.9. The minimum Gasteiger partial charge on any atom is -0.343 e. The van der Waals surface area contributed by atoms with E-state index in [9.17, 15) is 9.59 Å². The first-order valence-electron chi connectivity index (χ1n) is 8.50. The molecule has 4 nitrogen and oxygen atoms in total. The van der Waals surface area contributed by atoms with E-state index in [-0.39, 0.29) is 24.3 Å². The van der Waals surface area contributed by atoms with Crippen LogP contribution in [0.5, 0.6) is 0 Å². The van der Waals surface area contributed by atoms with E-state index in [1.165, 1.54) is 6.42 Å². The van der Waals surface area contributed by atoms with E-state index in [1.807, 2.05) is 29.2 Å². The lowest BCUT2D eigenvalue weighted by Crippen LogP contribution is -2.42. The molecule has 0 aliphatic carbocycles. The first-order chi connectivity index (χ1) is 11.5. The van der Waals surface area contributed by atoms with Gasteiger partial charge in [-0.25, -0.2) is 0 Å². The Morgan fingerprint density at radius 1 is 1.17 bits per heavy atom. The molecule has 0 spiro atoms. The third-order valence-corrected chi connectivity index (χ3v) is 4.74.